The van der Waals surface area contributed by atoms with E-state index in [1.165, 1.54) is 0 Å². The van der Waals surface area contributed by atoms with Crippen LogP contribution < -0.4 is 11.5 Å². The van der Waals surface area contributed by atoms with Gasteiger partial charge < -0.3 is 21.3 Å². The minimum Gasteiger partial charge on any atom is -0.478 e. The van der Waals surface area contributed by atoms with Crippen LogP contribution in [0.4, 0.5) is 5.69 Å². The molecule has 1 aromatic heterocycles. The van der Waals surface area contributed by atoms with Gasteiger partial charge in [0.2, 0.25) is 0 Å². The van der Waals surface area contributed by atoms with Gasteiger partial charge in [0.1, 0.15) is 11.2 Å². The highest BCUT2D eigenvalue weighted by Gasteiger charge is 2.39. The van der Waals surface area contributed by atoms with Gasteiger partial charge in [-0.1, -0.05) is 13.0 Å². The predicted molar refractivity (Wildman–Crippen MR) is 85.6 cm³/mol. The number of carboxylic acids is 1. The Kier molecular flexibility index (Phi) is 4.53. The normalized spacial score (nSPS) is 21.5. The molecule has 5 N–H and O–H groups in total. The molecule has 2 unspecified atom stereocenters. The number of aryl methyl sites for hydroxylation is 1. The first-order chi connectivity index (χ1) is 10.3. The van der Waals surface area contributed by atoms with Crippen LogP contribution in [0.15, 0.2) is 6.08 Å². The second-order valence-electron chi connectivity index (χ2n) is 5.79. The molecule has 1 heterocycles. The van der Waals surface area contributed by atoms with Crippen molar-refractivity contribution in [2.24, 2.45) is 5.73 Å². The zero-order valence-electron chi connectivity index (χ0n) is 13.2. The number of fused-ring (bicyclic) bond motifs is 1. The van der Waals surface area contributed by atoms with Crippen molar-refractivity contribution in [1.29, 1.82) is 0 Å². The topological polar surface area (TPSA) is 111 Å². The Morgan fingerprint density at radius 1 is 1.59 bits per heavy atom. The molecular weight excluding hydrogens is 282 g/mol. The number of carboxylic acid groups (broad SMARTS) is 1. The van der Waals surface area contributed by atoms with Crippen molar-refractivity contribution in [3.05, 3.63) is 28.6 Å². The summed E-state index contributed by atoms with van der Waals surface area (Å²) in [6.07, 6.45) is 5.13. The number of rotatable bonds is 5. The molecule has 0 fully saturated rings. The third kappa shape index (κ3) is 2.71. The average molecular weight is 305 g/mol. The number of anilines is 1. The first kappa shape index (κ1) is 16.5. The number of ether oxygens (including phenoxy) is 1. The number of aromatic carboxylic acids is 1. The van der Waals surface area contributed by atoms with Crippen molar-refractivity contribution in [3.63, 3.8) is 0 Å². The summed E-state index contributed by atoms with van der Waals surface area (Å²) >= 11 is 0. The van der Waals surface area contributed by atoms with Crippen LogP contribution in [0.2, 0.25) is 0 Å². The lowest BCUT2D eigenvalue weighted by molar-refractivity contribution is -0.0566. The Morgan fingerprint density at radius 2 is 2.27 bits per heavy atom. The lowest BCUT2D eigenvalue weighted by Gasteiger charge is -2.37. The van der Waals surface area contributed by atoms with Crippen LogP contribution in [0.25, 0.3) is 6.08 Å². The van der Waals surface area contributed by atoms with E-state index in [-0.39, 0.29) is 17.3 Å². The smallest absolute Gasteiger partial charge is 0.339 e. The highest BCUT2D eigenvalue weighted by atomic mass is 16.5. The van der Waals surface area contributed by atoms with Gasteiger partial charge in [0, 0.05) is 11.6 Å². The van der Waals surface area contributed by atoms with E-state index in [2.05, 4.69) is 4.98 Å². The van der Waals surface area contributed by atoms with Crippen molar-refractivity contribution < 1.29 is 14.6 Å². The van der Waals surface area contributed by atoms with Crippen LogP contribution in [-0.4, -0.2) is 28.7 Å². The Bertz CT molecular complexity index is 626. The summed E-state index contributed by atoms with van der Waals surface area (Å²) < 4.78 is 6.07. The number of hydrogen-bond donors (Lipinski definition) is 3. The van der Waals surface area contributed by atoms with Gasteiger partial charge in [-0.05, 0) is 32.8 Å². The van der Waals surface area contributed by atoms with E-state index in [1.54, 1.807) is 6.92 Å². The Labute approximate surface area is 130 Å². The molecule has 0 spiro atoms. The standard InChI is InChI=1S/C16H23N3O3/c1-4-16(22-8-9(2)17)7-5-6-11-13(16)14(18)12(15(20)21)10(3)19-11/h5-6,9H,4,7-8,17H2,1-3H3,(H2,18,19)(H,20,21). The largest absolute Gasteiger partial charge is 0.478 e. The van der Waals surface area contributed by atoms with Crippen LogP contribution in [0.5, 0.6) is 0 Å². The van der Waals surface area contributed by atoms with E-state index in [0.717, 1.165) is 0 Å². The zero-order valence-corrected chi connectivity index (χ0v) is 13.2. The van der Waals surface area contributed by atoms with E-state index >= 15 is 0 Å². The molecule has 1 aliphatic carbocycles. The summed E-state index contributed by atoms with van der Waals surface area (Å²) in [4.78, 5) is 15.9. The van der Waals surface area contributed by atoms with Crippen LogP contribution in [0.1, 0.15) is 54.0 Å². The molecule has 1 aliphatic rings. The van der Waals surface area contributed by atoms with Crippen LogP contribution in [0, 0.1) is 6.92 Å². The molecule has 0 saturated heterocycles. The summed E-state index contributed by atoms with van der Waals surface area (Å²) in [7, 11) is 0. The molecule has 22 heavy (non-hydrogen) atoms. The molecule has 0 radical (unpaired) electrons. The number of pyridine rings is 1. The van der Waals surface area contributed by atoms with Gasteiger partial charge in [-0.3, -0.25) is 4.98 Å². The third-order valence-electron chi connectivity index (χ3n) is 4.03. The van der Waals surface area contributed by atoms with Gasteiger partial charge >= 0.3 is 5.97 Å². The lowest BCUT2D eigenvalue weighted by Crippen LogP contribution is -2.37. The van der Waals surface area contributed by atoms with Crippen molar-refractivity contribution in [1.82, 2.24) is 4.98 Å². The quantitative estimate of drug-likeness (QED) is 0.767. The average Bonchev–Trinajstić information content (AvgIpc) is 2.44. The number of nitrogens with zero attached hydrogens (tertiary/aromatic N) is 1. The maximum absolute atomic E-state index is 11.5. The SMILES string of the molecule is CCC1(OCC(C)N)CC=Cc2nc(C)c(C(=O)O)c(N)c21. The third-order valence-corrected chi connectivity index (χ3v) is 4.03. The molecule has 0 bridgehead atoms. The molecule has 0 aliphatic heterocycles. The Balaban J connectivity index is 2.63. The molecule has 2 atom stereocenters. The number of carbonyl (C=O) groups is 1. The molecular formula is C16H23N3O3. The summed E-state index contributed by atoms with van der Waals surface area (Å²) in [6.45, 7) is 5.88. The fraction of sp³-hybridized carbons (Fsp3) is 0.500. The highest BCUT2D eigenvalue weighted by Crippen LogP contribution is 2.43. The Morgan fingerprint density at radius 3 is 2.82 bits per heavy atom. The minimum atomic E-state index is -1.07. The molecule has 2 rings (SSSR count). The van der Waals surface area contributed by atoms with Crippen molar-refractivity contribution >= 4 is 17.7 Å². The van der Waals surface area contributed by atoms with E-state index in [9.17, 15) is 9.90 Å². The maximum Gasteiger partial charge on any atom is 0.339 e. The number of hydrogen-bond acceptors (Lipinski definition) is 5. The molecule has 0 amide bonds. The van der Waals surface area contributed by atoms with E-state index in [4.69, 9.17) is 16.2 Å². The van der Waals surface area contributed by atoms with Gasteiger partial charge in [-0.25, -0.2) is 4.79 Å². The van der Waals surface area contributed by atoms with E-state index < -0.39 is 11.6 Å². The summed E-state index contributed by atoms with van der Waals surface area (Å²) in [5, 5.41) is 9.41. The van der Waals surface area contributed by atoms with Gasteiger partial charge in [0.25, 0.3) is 0 Å². The molecule has 1 aromatic rings. The molecule has 0 saturated carbocycles. The number of nitrogen functional groups attached to an aromatic ring is 1. The van der Waals surface area contributed by atoms with Crippen molar-refractivity contribution in [3.8, 4) is 0 Å². The number of nitrogens with two attached hydrogens (primary N) is 2. The van der Waals surface area contributed by atoms with Crippen molar-refractivity contribution in [2.75, 3.05) is 12.3 Å². The second kappa shape index (κ2) is 6.06. The first-order valence-electron chi connectivity index (χ1n) is 7.42. The molecule has 0 aromatic carbocycles. The predicted octanol–water partition coefficient (Wildman–Crippen LogP) is 2.06. The van der Waals surface area contributed by atoms with E-state index in [1.807, 2.05) is 26.0 Å². The minimum absolute atomic E-state index is 0.0521. The fourth-order valence-electron chi connectivity index (χ4n) is 2.93. The second-order valence-corrected chi connectivity index (χ2v) is 5.79. The van der Waals surface area contributed by atoms with Gasteiger partial charge in [-0.15, -0.1) is 0 Å². The summed E-state index contributed by atoms with van der Waals surface area (Å²) in [5.41, 5.74) is 13.4. The van der Waals surface area contributed by atoms with Crippen molar-refractivity contribution in [2.45, 2.75) is 45.3 Å². The molecule has 120 valence electrons. The van der Waals surface area contributed by atoms with E-state index in [0.29, 0.717) is 36.4 Å². The fourth-order valence-corrected chi connectivity index (χ4v) is 2.93. The monoisotopic (exact) mass is 305 g/mol. The Hall–Kier alpha value is -1.92. The highest BCUT2D eigenvalue weighted by molar-refractivity contribution is 5.96. The van der Waals surface area contributed by atoms with Gasteiger partial charge in [0.05, 0.1) is 23.7 Å². The first-order valence-corrected chi connectivity index (χ1v) is 7.42. The van der Waals surface area contributed by atoms with Gasteiger partial charge in [0.15, 0.2) is 0 Å². The summed E-state index contributed by atoms with van der Waals surface area (Å²) in [5.74, 6) is -1.07. The number of aromatic nitrogens is 1. The van der Waals surface area contributed by atoms with Crippen LogP contribution in [0.3, 0.4) is 0 Å². The molecule has 6 nitrogen and oxygen atoms in total. The summed E-state index contributed by atoms with van der Waals surface area (Å²) in [6, 6.07) is -0.114. The van der Waals surface area contributed by atoms with Gasteiger partial charge in [-0.2, -0.15) is 0 Å². The maximum atomic E-state index is 11.5. The zero-order chi connectivity index (χ0) is 16.5. The van der Waals surface area contributed by atoms with Crippen LogP contribution in [-0.2, 0) is 10.3 Å². The molecule has 6 heteroatoms. The van der Waals surface area contributed by atoms with Crippen LogP contribution >= 0.6 is 0 Å². The lowest BCUT2D eigenvalue weighted by atomic mass is 9.80.